The first-order valence-electron chi connectivity index (χ1n) is 9.48. The van der Waals surface area contributed by atoms with Gasteiger partial charge in [0.25, 0.3) is 5.91 Å². The van der Waals surface area contributed by atoms with E-state index in [1.807, 2.05) is 42.2 Å². The number of benzene rings is 1. The quantitative estimate of drug-likeness (QED) is 0.754. The largest absolute Gasteiger partial charge is 0.368 e. The third-order valence-electron chi connectivity index (χ3n) is 5.22. The van der Waals surface area contributed by atoms with Gasteiger partial charge in [-0.3, -0.25) is 14.6 Å². The average Bonchev–Trinajstić information content (AvgIpc) is 3.14. The number of nitrogens with two attached hydrogens (primary N) is 1. The van der Waals surface area contributed by atoms with E-state index in [0.717, 1.165) is 35.3 Å². The van der Waals surface area contributed by atoms with Crippen LogP contribution in [0.25, 0.3) is 10.9 Å². The lowest BCUT2D eigenvalue weighted by Crippen LogP contribution is -2.40. The van der Waals surface area contributed by atoms with Gasteiger partial charge in [-0.2, -0.15) is 0 Å². The first-order valence-corrected chi connectivity index (χ1v) is 9.48. The van der Waals surface area contributed by atoms with Crippen LogP contribution in [-0.2, 0) is 11.3 Å². The van der Waals surface area contributed by atoms with Crippen molar-refractivity contribution in [1.29, 1.82) is 0 Å². The fourth-order valence-corrected chi connectivity index (χ4v) is 4.01. The molecule has 0 spiro atoms. The van der Waals surface area contributed by atoms with Gasteiger partial charge >= 0.3 is 0 Å². The number of imidazole rings is 1. The SMILES string of the molecule is Cc1cc(C(=O)N2CCC[C@H](c3nccn3CC(N)=O)C2)c2ccccc2n1. The molecule has 1 fully saturated rings. The van der Waals surface area contributed by atoms with Crippen LogP contribution >= 0.6 is 0 Å². The number of pyridine rings is 1. The summed E-state index contributed by atoms with van der Waals surface area (Å²) in [6.07, 6.45) is 5.26. The zero-order chi connectivity index (χ0) is 19.7. The monoisotopic (exact) mass is 377 g/mol. The van der Waals surface area contributed by atoms with Crippen LogP contribution < -0.4 is 5.73 Å². The number of para-hydroxylation sites is 1. The van der Waals surface area contributed by atoms with Crippen molar-refractivity contribution < 1.29 is 9.59 Å². The van der Waals surface area contributed by atoms with Gasteiger partial charge in [-0.1, -0.05) is 18.2 Å². The van der Waals surface area contributed by atoms with E-state index in [1.54, 1.807) is 17.0 Å². The maximum atomic E-state index is 13.3. The summed E-state index contributed by atoms with van der Waals surface area (Å²) in [5, 5.41) is 0.871. The minimum atomic E-state index is -0.401. The van der Waals surface area contributed by atoms with Crippen molar-refractivity contribution in [3.63, 3.8) is 0 Å². The third-order valence-corrected chi connectivity index (χ3v) is 5.22. The lowest BCUT2D eigenvalue weighted by Gasteiger charge is -2.33. The minimum Gasteiger partial charge on any atom is -0.368 e. The van der Waals surface area contributed by atoms with Crippen LogP contribution in [0.5, 0.6) is 0 Å². The summed E-state index contributed by atoms with van der Waals surface area (Å²) in [5.74, 6) is 0.509. The van der Waals surface area contributed by atoms with Crippen molar-refractivity contribution in [1.82, 2.24) is 19.4 Å². The highest BCUT2D eigenvalue weighted by atomic mass is 16.2. The highest BCUT2D eigenvalue weighted by molar-refractivity contribution is 6.06. The summed E-state index contributed by atoms with van der Waals surface area (Å²) in [5.41, 5.74) is 7.68. The molecule has 0 aliphatic carbocycles. The topological polar surface area (TPSA) is 94.1 Å². The van der Waals surface area contributed by atoms with Gasteiger partial charge in [-0.05, 0) is 31.9 Å². The molecule has 144 valence electrons. The highest BCUT2D eigenvalue weighted by Crippen LogP contribution is 2.28. The van der Waals surface area contributed by atoms with Crippen LogP contribution in [0, 0.1) is 6.92 Å². The van der Waals surface area contributed by atoms with Crippen LogP contribution in [0.3, 0.4) is 0 Å². The summed E-state index contributed by atoms with van der Waals surface area (Å²) in [6.45, 7) is 3.29. The third kappa shape index (κ3) is 3.47. The smallest absolute Gasteiger partial charge is 0.254 e. The van der Waals surface area contributed by atoms with Crippen molar-refractivity contribution in [2.75, 3.05) is 13.1 Å². The maximum absolute atomic E-state index is 13.3. The van der Waals surface area contributed by atoms with Gasteiger partial charge in [0.1, 0.15) is 12.4 Å². The lowest BCUT2D eigenvalue weighted by molar-refractivity contribution is -0.118. The summed E-state index contributed by atoms with van der Waals surface area (Å²) in [4.78, 5) is 35.5. The number of hydrogen-bond acceptors (Lipinski definition) is 4. The average molecular weight is 377 g/mol. The molecule has 3 heterocycles. The molecule has 4 rings (SSSR count). The molecule has 1 aromatic carbocycles. The number of piperidine rings is 1. The van der Waals surface area contributed by atoms with E-state index < -0.39 is 5.91 Å². The second kappa shape index (κ2) is 7.42. The minimum absolute atomic E-state index is 0.0133. The van der Waals surface area contributed by atoms with Crippen LogP contribution in [0.2, 0.25) is 0 Å². The molecule has 3 aromatic rings. The van der Waals surface area contributed by atoms with Gasteiger partial charge in [0.2, 0.25) is 5.91 Å². The fourth-order valence-electron chi connectivity index (χ4n) is 4.01. The molecule has 1 atom stereocenters. The molecule has 0 radical (unpaired) electrons. The second-order valence-corrected chi connectivity index (χ2v) is 7.30. The Hall–Kier alpha value is -3.22. The molecule has 0 saturated carbocycles. The number of rotatable bonds is 4. The number of hydrogen-bond donors (Lipinski definition) is 1. The maximum Gasteiger partial charge on any atom is 0.254 e. The van der Waals surface area contributed by atoms with Gasteiger partial charge in [0, 0.05) is 42.5 Å². The Morgan fingerprint density at radius 2 is 2.11 bits per heavy atom. The van der Waals surface area contributed by atoms with E-state index in [-0.39, 0.29) is 18.4 Å². The van der Waals surface area contributed by atoms with Gasteiger partial charge in [0.15, 0.2) is 0 Å². The molecule has 2 aromatic heterocycles. The van der Waals surface area contributed by atoms with E-state index in [9.17, 15) is 9.59 Å². The molecule has 28 heavy (non-hydrogen) atoms. The molecule has 0 unspecified atom stereocenters. The molecule has 1 aliphatic rings. The number of carbonyl (C=O) groups excluding carboxylic acids is 2. The zero-order valence-electron chi connectivity index (χ0n) is 15.8. The Morgan fingerprint density at radius 1 is 1.29 bits per heavy atom. The van der Waals surface area contributed by atoms with E-state index in [1.165, 1.54) is 0 Å². The van der Waals surface area contributed by atoms with E-state index in [0.29, 0.717) is 18.7 Å². The van der Waals surface area contributed by atoms with Crippen LogP contribution in [-0.4, -0.2) is 44.3 Å². The van der Waals surface area contributed by atoms with Gasteiger partial charge in [-0.25, -0.2) is 4.98 Å². The molecular formula is C21H23N5O2. The fraction of sp³-hybridized carbons (Fsp3) is 0.333. The van der Waals surface area contributed by atoms with Gasteiger partial charge in [0.05, 0.1) is 11.1 Å². The van der Waals surface area contributed by atoms with Crippen LogP contribution in [0.4, 0.5) is 0 Å². The predicted molar refractivity (Wildman–Crippen MR) is 106 cm³/mol. The van der Waals surface area contributed by atoms with Crippen molar-refractivity contribution in [2.24, 2.45) is 5.73 Å². The Labute approximate surface area is 163 Å². The summed E-state index contributed by atoms with van der Waals surface area (Å²) in [7, 11) is 0. The second-order valence-electron chi connectivity index (χ2n) is 7.30. The first kappa shape index (κ1) is 18.2. The van der Waals surface area contributed by atoms with Gasteiger partial charge in [-0.15, -0.1) is 0 Å². The summed E-state index contributed by atoms with van der Waals surface area (Å²) in [6, 6.07) is 9.59. The Bertz CT molecular complexity index is 1040. The van der Waals surface area contributed by atoms with Crippen LogP contribution in [0.1, 0.15) is 40.6 Å². The normalized spacial score (nSPS) is 17.0. The molecule has 1 saturated heterocycles. The Balaban J connectivity index is 1.61. The number of primary amides is 1. The Kier molecular flexibility index (Phi) is 4.81. The predicted octanol–water partition coefficient (Wildman–Crippen LogP) is 2.24. The highest BCUT2D eigenvalue weighted by Gasteiger charge is 2.29. The number of aromatic nitrogens is 3. The molecule has 0 bridgehead atoms. The van der Waals surface area contributed by atoms with Crippen molar-refractivity contribution in [3.05, 3.63) is 59.8 Å². The van der Waals surface area contributed by atoms with E-state index in [4.69, 9.17) is 5.73 Å². The van der Waals surface area contributed by atoms with Crippen molar-refractivity contribution in [2.45, 2.75) is 32.2 Å². The van der Waals surface area contributed by atoms with Crippen molar-refractivity contribution in [3.8, 4) is 0 Å². The standard InChI is InChI=1S/C21H23N5O2/c1-14-11-17(16-6-2-3-7-18(16)24-14)21(28)26-9-4-5-15(12-26)20-23-8-10-25(20)13-19(22)27/h2-3,6-8,10-11,15H,4-5,9,12-13H2,1H3,(H2,22,27)/t15-/m0/s1. The molecule has 2 amide bonds. The van der Waals surface area contributed by atoms with Gasteiger partial charge < -0.3 is 15.2 Å². The first-order chi connectivity index (χ1) is 13.5. The molecular weight excluding hydrogens is 354 g/mol. The molecule has 2 N–H and O–H groups in total. The number of carbonyl (C=O) groups is 2. The van der Waals surface area contributed by atoms with E-state index in [2.05, 4.69) is 9.97 Å². The zero-order valence-corrected chi connectivity index (χ0v) is 15.8. The number of likely N-dealkylation sites (tertiary alicyclic amines) is 1. The number of amides is 2. The van der Waals surface area contributed by atoms with Crippen LogP contribution in [0.15, 0.2) is 42.7 Å². The molecule has 7 heteroatoms. The molecule has 1 aliphatic heterocycles. The number of aryl methyl sites for hydroxylation is 1. The number of fused-ring (bicyclic) bond motifs is 1. The van der Waals surface area contributed by atoms with E-state index >= 15 is 0 Å². The molecule has 7 nitrogen and oxygen atoms in total. The Morgan fingerprint density at radius 3 is 2.93 bits per heavy atom. The summed E-state index contributed by atoms with van der Waals surface area (Å²) < 4.78 is 1.78. The lowest BCUT2D eigenvalue weighted by atomic mass is 9.96. The van der Waals surface area contributed by atoms with Crippen molar-refractivity contribution >= 4 is 22.7 Å². The summed E-state index contributed by atoms with van der Waals surface area (Å²) >= 11 is 0. The number of nitrogens with zero attached hydrogens (tertiary/aromatic N) is 4.